The molecule has 1 N–H and O–H groups in total. The lowest BCUT2D eigenvalue weighted by atomic mass is 9.90. The first kappa shape index (κ1) is 16.1. The smallest absolute Gasteiger partial charge is 0.329 e. The van der Waals surface area contributed by atoms with Gasteiger partial charge in [0.2, 0.25) is 0 Å². The molecule has 1 aliphatic heterocycles. The average Bonchev–Trinajstić information content (AvgIpc) is 2.86. The second kappa shape index (κ2) is 6.24. The van der Waals surface area contributed by atoms with Crippen molar-refractivity contribution in [3.05, 3.63) is 33.8 Å². The number of aliphatic carboxylic acids is 1. The minimum Gasteiger partial charge on any atom is -0.479 e. The number of carboxylic acid groups (broad SMARTS) is 1. The van der Waals surface area contributed by atoms with Crippen molar-refractivity contribution >= 4 is 35.1 Å². The number of hydrogen-bond donors (Lipinski definition) is 1. The molecular weight excluding hydrogens is 313 g/mol. The van der Waals surface area contributed by atoms with Crippen molar-refractivity contribution in [1.82, 2.24) is 4.90 Å². The maximum atomic E-state index is 12.7. The van der Waals surface area contributed by atoms with E-state index in [0.717, 1.165) is 0 Å². The molecule has 0 saturated carbocycles. The lowest BCUT2D eigenvalue weighted by Gasteiger charge is -2.35. The zero-order valence-corrected chi connectivity index (χ0v) is 13.2. The van der Waals surface area contributed by atoms with E-state index in [1.807, 2.05) is 6.92 Å². The van der Waals surface area contributed by atoms with Crippen LogP contribution in [-0.4, -0.2) is 34.0 Å². The van der Waals surface area contributed by atoms with E-state index in [9.17, 15) is 14.7 Å². The standard InChI is InChI=1S/C15H17Cl2NO3/c1-2-6-15(14(20)21)7-3-8-18(15)13(19)11-9-10(16)4-5-12(11)17/h4-5,9H,2-3,6-8H2,1H3,(H,20,21). The summed E-state index contributed by atoms with van der Waals surface area (Å²) in [6.45, 7) is 2.34. The number of carboxylic acids is 1. The highest BCUT2D eigenvalue weighted by molar-refractivity contribution is 6.35. The van der Waals surface area contributed by atoms with Gasteiger partial charge in [0.15, 0.2) is 0 Å². The molecule has 1 aliphatic rings. The molecule has 4 nitrogen and oxygen atoms in total. The summed E-state index contributed by atoms with van der Waals surface area (Å²) in [7, 11) is 0. The van der Waals surface area contributed by atoms with Crippen molar-refractivity contribution in [2.75, 3.05) is 6.54 Å². The molecule has 1 amide bonds. The monoisotopic (exact) mass is 329 g/mol. The van der Waals surface area contributed by atoms with E-state index in [1.54, 1.807) is 12.1 Å². The molecule has 1 heterocycles. The van der Waals surface area contributed by atoms with E-state index in [4.69, 9.17) is 23.2 Å². The van der Waals surface area contributed by atoms with Crippen LogP contribution in [0.3, 0.4) is 0 Å². The lowest BCUT2D eigenvalue weighted by molar-refractivity contribution is -0.148. The quantitative estimate of drug-likeness (QED) is 0.912. The number of carbonyl (C=O) groups is 2. The maximum absolute atomic E-state index is 12.7. The summed E-state index contributed by atoms with van der Waals surface area (Å²) >= 11 is 12.0. The normalized spacial score (nSPS) is 21.6. The predicted octanol–water partition coefficient (Wildman–Crippen LogP) is 3.85. The number of carbonyl (C=O) groups excluding carboxylic acids is 1. The predicted molar refractivity (Wildman–Crippen MR) is 82.0 cm³/mol. The van der Waals surface area contributed by atoms with E-state index in [-0.39, 0.29) is 16.5 Å². The van der Waals surface area contributed by atoms with Crippen LogP contribution in [0.5, 0.6) is 0 Å². The van der Waals surface area contributed by atoms with Crippen molar-refractivity contribution < 1.29 is 14.7 Å². The van der Waals surface area contributed by atoms with Gasteiger partial charge in [-0.1, -0.05) is 36.5 Å². The molecule has 0 aromatic heterocycles. The van der Waals surface area contributed by atoms with Crippen molar-refractivity contribution in [1.29, 1.82) is 0 Å². The van der Waals surface area contributed by atoms with Gasteiger partial charge >= 0.3 is 5.97 Å². The molecule has 0 radical (unpaired) electrons. The Morgan fingerprint density at radius 3 is 2.71 bits per heavy atom. The van der Waals surface area contributed by atoms with Crippen LogP contribution in [0, 0.1) is 0 Å². The number of hydrogen-bond acceptors (Lipinski definition) is 2. The molecule has 1 aromatic rings. The Hall–Kier alpha value is -1.26. The Bertz CT molecular complexity index is 576. The molecular formula is C15H17Cl2NO3. The minimum atomic E-state index is -1.13. The lowest BCUT2D eigenvalue weighted by Crippen LogP contribution is -2.53. The van der Waals surface area contributed by atoms with Gasteiger partial charge in [-0.2, -0.15) is 0 Å². The number of benzene rings is 1. The van der Waals surface area contributed by atoms with Gasteiger partial charge in [0.05, 0.1) is 10.6 Å². The van der Waals surface area contributed by atoms with Crippen LogP contribution in [0.15, 0.2) is 18.2 Å². The first-order chi connectivity index (χ1) is 9.92. The van der Waals surface area contributed by atoms with Gasteiger partial charge in [-0.25, -0.2) is 4.79 Å². The highest BCUT2D eigenvalue weighted by atomic mass is 35.5. The summed E-state index contributed by atoms with van der Waals surface area (Å²) in [5.74, 6) is -1.32. The van der Waals surface area contributed by atoms with Crippen LogP contribution < -0.4 is 0 Å². The van der Waals surface area contributed by atoms with Gasteiger partial charge in [0.1, 0.15) is 5.54 Å². The fourth-order valence-corrected chi connectivity index (χ4v) is 3.35. The van der Waals surface area contributed by atoms with E-state index >= 15 is 0 Å². The zero-order valence-electron chi connectivity index (χ0n) is 11.7. The molecule has 0 bridgehead atoms. The first-order valence-corrected chi connectivity index (χ1v) is 7.68. The van der Waals surface area contributed by atoms with Crippen molar-refractivity contribution in [2.24, 2.45) is 0 Å². The zero-order chi connectivity index (χ0) is 15.6. The number of rotatable bonds is 4. The van der Waals surface area contributed by atoms with Gasteiger partial charge in [0.25, 0.3) is 5.91 Å². The number of nitrogens with zero attached hydrogens (tertiary/aromatic N) is 1. The summed E-state index contributed by atoms with van der Waals surface area (Å²) in [6.07, 6.45) is 2.28. The fraction of sp³-hybridized carbons (Fsp3) is 0.467. The Morgan fingerprint density at radius 2 is 2.10 bits per heavy atom. The van der Waals surface area contributed by atoms with Crippen LogP contribution in [0.4, 0.5) is 0 Å². The number of amides is 1. The van der Waals surface area contributed by atoms with Crippen molar-refractivity contribution in [2.45, 2.75) is 38.1 Å². The summed E-state index contributed by atoms with van der Waals surface area (Å²) in [5, 5.41) is 10.3. The van der Waals surface area contributed by atoms with Crippen molar-refractivity contribution in [3.63, 3.8) is 0 Å². The largest absolute Gasteiger partial charge is 0.479 e. The van der Waals surface area contributed by atoms with E-state index in [0.29, 0.717) is 37.3 Å². The molecule has 1 saturated heterocycles. The second-order valence-electron chi connectivity index (χ2n) is 5.27. The summed E-state index contributed by atoms with van der Waals surface area (Å²) in [5.41, 5.74) is -0.870. The molecule has 2 rings (SSSR count). The minimum absolute atomic E-state index is 0.257. The van der Waals surface area contributed by atoms with Crippen LogP contribution in [0.2, 0.25) is 10.0 Å². The van der Waals surface area contributed by atoms with Gasteiger partial charge in [-0.3, -0.25) is 4.79 Å². The van der Waals surface area contributed by atoms with Gasteiger partial charge in [0, 0.05) is 11.6 Å². The van der Waals surface area contributed by atoms with Crippen molar-refractivity contribution in [3.8, 4) is 0 Å². The van der Waals surface area contributed by atoms with E-state index in [2.05, 4.69) is 0 Å². The molecule has 6 heteroatoms. The Labute approximate surface area is 133 Å². The molecule has 0 aliphatic carbocycles. The molecule has 1 unspecified atom stereocenters. The summed E-state index contributed by atoms with van der Waals surface area (Å²) in [4.78, 5) is 25.9. The van der Waals surface area contributed by atoms with Gasteiger partial charge in [-0.15, -0.1) is 0 Å². The Morgan fingerprint density at radius 1 is 1.38 bits per heavy atom. The molecule has 1 aromatic carbocycles. The van der Waals surface area contributed by atoms with Gasteiger partial charge < -0.3 is 10.0 Å². The highest BCUT2D eigenvalue weighted by Gasteiger charge is 2.49. The molecule has 1 fully saturated rings. The summed E-state index contributed by atoms with van der Waals surface area (Å²) in [6, 6.07) is 4.64. The number of likely N-dealkylation sites (tertiary alicyclic amines) is 1. The third kappa shape index (κ3) is 2.87. The van der Waals surface area contributed by atoms with Crippen LogP contribution in [0.1, 0.15) is 43.0 Å². The summed E-state index contributed by atoms with van der Waals surface area (Å²) < 4.78 is 0. The fourth-order valence-electron chi connectivity index (χ4n) is 2.98. The Balaban J connectivity index is 2.41. The second-order valence-corrected chi connectivity index (χ2v) is 6.11. The molecule has 0 spiro atoms. The third-order valence-electron chi connectivity index (χ3n) is 3.95. The van der Waals surface area contributed by atoms with E-state index < -0.39 is 11.5 Å². The van der Waals surface area contributed by atoms with Crippen LogP contribution in [0.25, 0.3) is 0 Å². The SMILES string of the molecule is CCCC1(C(=O)O)CCCN1C(=O)c1cc(Cl)ccc1Cl. The maximum Gasteiger partial charge on any atom is 0.329 e. The van der Waals surface area contributed by atoms with E-state index in [1.165, 1.54) is 11.0 Å². The number of halogens is 2. The molecule has 1 atom stereocenters. The first-order valence-electron chi connectivity index (χ1n) is 6.93. The highest BCUT2D eigenvalue weighted by Crippen LogP contribution is 2.36. The topological polar surface area (TPSA) is 57.6 Å². The van der Waals surface area contributed by atoms with Crippen LogP contribution in [-0.2, 0) is 4.79 Å². The average molecular weight is 330 g/mol. The molecule has 114 valence electrons. The van der Waals surface area contributed by atoms with Gasteiger partial charge in [-0.05, 0) is 37.5 Å². The third-order valence-corrected chi connectivity index (χ3v) is 4.52. The van der Waals surface area contributed by atoms with Crippen LogP contribution >= 0.6 is 23.2 Å². The molecule has 21 heavy (non-hydrogen) atoms. The Kier molecular flexibility index (Phi) is 4.79.